The number of esters is 2. The van der Waals surface area contributed by atoms with Crippen LogP contribution in [-0.4, -0.2) is 105 Å². The molecule has 3 aromatic rings. The van der Waals surface area contributed by atoms with Gasteiger partial charge in [-0.25, -0.2) is 27.6 Å². The Labute approximate surface area is 354 Å². The number of hydrogen-bond donors (Lipinski definition) is 2. The first-order chi connectivity index (χ1) is 28.9. The fourth-order valence-electron chi connectivity index (χ4n) is 7.63. The lowest BCUT2D eigenvalue weighted by atomic mass is 9.95. The third-order valence-electron chi connectivity index (χ3n) is 10.9. The maximum absolute atomic E-state index is 13.9. The number of amides is 4. The number of β-lactam (4-membered cyclic amide) rings is 2. The number of alkyl carbamates (subject to hydrolysis) is 1. The van der Waals surface area contributed by atoms with Gasteiger partial charge in [0.15, 0.2) is 9.84 Å². The Kier molecular flexibility index (Phi) is 11.8. The van der Waals surface area contributed by atoms with Gasteiger partial charge in [-0.2, -0.15) is 0 Å². The summed E-state index contributed by atoms with van der Waals surface area (Å²) in [6.07, 6.45) is -2.49. The highest BCUT2D eigenvalue weighted by Gasteiger charge is 2.68. The van der Waals surface area contributed by atoms with E-state index in [2.05, 4.69) is 10.6 Å². The van der Waals surface area contributed by atoms with Gasteiger partial charge < -0.3 is 44.1 Å². The molecule has 7 rings (SSSR count). The van der Waals surface area contributed by atoms with Gasteiger partial charge in [0.2, 0.25) is 24.5 Å². The average Bonchev–Trinajstić information content (AvgIpc) is 3.55. The van der Waals surface area contributed by atoms with Crippen LogP contribution in [0, 0.1) is 0 Å². The first-order valence-electron chi connectivity index (χ1n) is 19.0. The lowest BCUT2D eigenvalue weighted by Crippen LogP contribution is -2.71. The molecule has 0 bridgehead atoms. The smallest absolute Gasteiger partial charge is 0.459 e. The van der Waals surface area contributed by atoms with Crippen LogP contribution in [0.1, 0.15) is 56.8 Å². The van der Waals surface area contributed by atoms with Crippen molar-refractivity contribution in [3.8, 4) is 5.75 Å². The second-order valence-corrected chi connectivity index (χ2v) is 20.1. The van der Waals surface area contributed by atoms with Gasteiger partial charge in [-0.1, -0.05) is 72.8 Å². The molecule has 4 aliphatic heterocycles. The van der Waals surface area contributed by atoms with E-state index in [1.807, 2.05) is 44.2 Å². The van der Waals surface area contributed by atoms with E-state index in [9.17, 15) is 42.0 Å². The Morgan fingerprint density at radius 2 is 1.36 bits per heavy atom. The minimum atomic E-state index is -3.86. The number of hydrogen-bond acceptors (Lipinski definition) is 15. The predicted octanol–water partition coefficient (Wildman–Crippen LogP) is 3.09. The van der Waals surface area contributed by atoms with E-state index >= 15 is 0 Å². The molecular formula is C41H42N4O14S2. The Morgan fingerprint density at radius 1 is 0.770 bits per heavy atom. The Bertz CT molecular complexity index is 2340. The molecule has 61 heavy (non-hydrogen) atoms. The van der Waals surface area contributed by atoms with E-state index in [-0.39, 0.29) is 30.9 Å². The minimum absolute atomic E-state index is 0.0239. The molecule has 4 aliphatic rings. The number of carbonyl (C=O) groups is 7. The van der Waals surface area contributed by atoms with Gasteiger partial charge in [-0.15, -0.1) is 11.8 Å². The summed E-state index contributed by atoms with van der Waals surface area (Å²) in [6, 6.07) is 18.4. The molecular weight excluding hydrogens is 837 g/mol. The lowest BCUT2D eigenvalue weighted by molar-refractivity contribution is -0.167. The zero-order valence-corrected chi connectivity index (χ0v) is 34.9. The molecule has 2 N–H and O–H groups in total. The molecule has 4 amide bonds. The minimum Gasteiger partial charge on any atom is -0.459 e. The molecule has 4 fully saturated rings. The fraction of sp³-hybridized carbons (Fsp3) is 0.390. The van der Waals surface area contributed by atoms with E-state index in [4.69, 9.17) is 23.7 Å². The number of carbonyl (C=O) groups excluding carboxylic acids is 7. The molecule has 4 saturated heterocycles. The number of nitrogens with one attached hydrogen (secondary N) is 2. The number of nitrogens with zero attached hydrogens (tertiary/aromatic N) is 2. The van der Waals surface area contributed by atoms with E-state index in [1.165, 1.54) is 54.8 Å². The number of sulfone groups is 1. The van der Waals surface area contributed by atoms with Gasteiger partial charge in [0.25, 0.3) is 0 Å². The molecule has 6 atom stereocenters. The van der Waals surface area contributed by atoms with Gasteiger partial charge in [0.05, 0.1) is 11.2 Å². The quantitative estimate of drug-likeness (QED) is 0.0827. The van der Waals surface area contributed by atoms with Gasteiger partial charge in [-0.05, 0) is 56.5 Å². The summed E-state index contributed by atoms with van der Waals surface area (Å²) in [6.45, 7) is 5.22. The van der Waals surface area contributed by atoms with Crippen molar-refractivity contribution in [2.75, 3.05) is 6.79 Å². The van der Waals surface area contributed by atoms with Crippen LogP contribution < -0.4 is 15.4 Å². The van der Waals surface area contributed by atoms with Crippen LogP contribution in [-0.2, 0) is 66.0 Å². The fourth-order valence-corrected chi connectivity index (χ4v) is 11.4. The first-order valence-corrected chi connectivity index (χ1v) is 21.5. The molecule has 18 nitrogen and oxygen atoms in total. The summed E-state index contributed by atoms with van der Waals surface area (Å²) in [5, 5.41) is 3.51. The van der Waals surface area contributed by atoms with Crippen LogP contribution in [0.25, 0.3) is 0 Å². The first kappa shape index (κ1) is 43.0. The van der Waals surface area contributed by atoms with Gasteiger partial charge >= 0.3 is 24.2 Å². The maximum atomic E-state index is 13.9. The molecule has 4 heterocycles. The van der Waals surface area contributed by atoms with Gasteiger partial charge in [0.1, 0.15) is 53.9 Å². The molecule has 322 valence electrons. The zero-order chi connectivity index (χ0) is 43.9. The summed E-state index contributed by atoms with van der Waals surface area (Å²) in [4.78, 5) is 93.7. The van der Waals surface area contributed by atoms with Crippen molar-refractivity contribution >= 4 is 63.5 Å². The van der Waals surface area contributed by atoms with Crippen molar-refractivity contribution in [2.24, 2.45) is 0 Å². The van der Waals surface area contributed by atoms with Crippen LogP contribution in [0.2, 0.25) is 0 Å². The van der Waals surface area contributed by atoms with Gasteiger partial charge in [0, 0.05) is 4.75 Å². The maximum Gasteiger partial charge on any atom is 0.516 e. The summed E-state index contributed by atoms with van der Waals surface area (Å²) < 4.78 is 49.1. The summed E-state index contributed by atoms with van der Waals surface area (Å²) in [5.74, 6) is -3.54. The summed E-state index contributed by atoms with van der Waals surface area (Å²) in [5.41, 5.74) is 1.67. The van der Waals surface area contributed by atoms with Crippen molar-refractivity contribution in [1.82, 2.24) is 20.4 Å². The molecule has 0 spiro atoms. The molecule has 20 heteroatoms. The molecule has 3 aromatic carbocycles. The second kappa shape index (κ2) is 16.7. The summed E-state index contributed by atoms with van der Waals surface area (Å²) in [7, 11) is -3.86. The molecule has 1 unspecified atom stereocenters. The normalized spacial score (nSPS) is 24.1. The second-order valence-electron chi connectivity index (χ2n) is 15.6. The Balaban J connectivity index is 0.978. The van der Waals surface area contributed by atoms with E-state index in [0.29, 0.717) is 5.56 Å². The highest BCUT2D eigenvalue weighted by molar-refractivity contribution is 8.01. The van der Waals surface area contributed by atoms with Crippen molar-refractivity contribution in [3.63, 3.8) is 0 Å². The average molecular weight is 879 g/mol. The van der Waals surface area contributed by atoms with Gasteiger partial charge in [-0.3, -0.25) is 14.4 Å². The Morgan fingerprint density at radius 3 is 1.97 bits per heavy atom. The Hall–Kier alpha value is -6.15. The van der Waals surface area contributed by atoms with E-state index < -0.39 is 103 Å². The third-order valence-corrected chi connectivity index (χ3v) is 15.3. The number of rotatable bonds is 13. The van der Waals surface area contributed by atoms with E-state index in [0.717, 1.165) is 10.5 Å². The van der Waals surface area contributed by atoms with Crippen molar-refractivity contribution in [3.05, 3.63) is 102 Å². The molecule has 0 aliphatic carbocycles. The predicted molar refractivity (Wildman–Crippen MR) is 213 cm³/mol. The molecule has 0 saturated carbocycles. The van der Waals surface area contributed by atoms with E-state index in [1.54, 1.807) is 30.3 Å². The van der Waals surface area contributed by atoms with Crippen LogP contribution >= 0.6 is 11.8 Å². The van der Waals surface area contributed by atoms with Crippen molar-refractivity contribution in [2.45, 2.75) is 91.7 Å². The zero-order valence-electron chi connectivity index (χ0n) is 33.3. The number of thioether (sulfide) groups is 1. The topological polar surface area (TPSA) is 230 Å². The number of ether oxygens (including phenoxy) is 5. The van der Waals surface area contributed by atoms with Crippen LogP contribution in [0.4, 0.5) is 9.59 Å². The monoisotopic (exact) mass is 878 g/mol. The largest absolute Gasteiger partial charge is 0.516 e. The molecule has 0 aromatic heterocycles. The standard InChI is InChI=1S/C41H42N4O14S2/c1-40(2)31(36(49)55-20-23-11-7-5-8-12-23)45-34(48)30(35(45)60-40)42-33(47)29(43-38(51)56-21-24-13-9-6-10-14-24)25-15-17-26(18-16-25)59-39(52)58-22-57-37(50)32-41(3,4)61(53,54)28-19-27(46)44(28)32/h5-18,28-32,35H,19-22H2,1-4H3,(H,42,47)(H,43,51)/t28-,29?,30-,31+,32+,35-/m1/s1. The van der Waals surface area contributed by atoms with Crippen LogP contribution in [0.15, 0.2) is 84.9 Å². The summed E-state index contributed by atoms with van der Waals surface area (Å²) >= 11 is 1.33. The highest BCUT2D eigenvalue weighted by Crippen LogP contribution is 2.51. The SMILES string of the molecule is CC1(C)S[C@@H]2[C@H](NC(=O)C(NC(=O)OCc3ccccc3)c3ccc(OC(=O)OCOC(=O)[C@@H]4N5C(=O)C[C@H]5S(=O)(=O)C4(C)C)cc3)C(=O)N2[C@H]1C(=O)OCc1ccccc1. The number of fused-ring (bicyclic) bond motifs is 2. The lowest BCUT2D eigenvalue weighted by Gasteiger charge is -2.44. The van der Waals surface area contributed by atoms with Crippen LogP contribution in [0.3, 0.4) is 0 Å². The number of benzene rings is 3. The van der Waals surface area contributed by atoms with Crippen molar-refractivity contribution in [1.29, 1.82) is 0 Å². The van der Waals surface area contributed by atoms with Crippen molar-refractivity contribution < 1.29 is 65.7 Å². The highest BCUT2D eigenvalue weighted by atomic mass is 32.2. The third kappa shape index (κ3) is 8.33. The van der Waals surface area contributed by atoms with Crippen LogP contribution in [0.5, 0.6) is 5.75 Å². The molecule has 0 radical (unpaired) electrons.